The second-order valence-corrected chi connectivity index (χ2v) is 4.15. The second kappa shape index (κ2) is 6.70. The zero-order chi connectivity index (χ0) is 14.4. The minimum absolute atomic E-state index is 0.465. The van der Waals surface area contributed by atoms with Crippen LogP contribution < -0.4 is 18.9 Å². The van der Waals surface area contributed by atoms with Gasteiger partial charge >= 0.3 is 0 Å². The van der Waals surface area contributed by atoms with Gasteiger partial charge in [-0.1, -0.05) is 12.1 Å². The second-order valence-electron chi connectivity index (χ2n) is 4.15. The quantitative estimate of drug-likeness (QED) is 0.810. The summed E-state index contributed by atoms with van der Waals surface area (Å²) in [4.78, 5) is 0. The third-order valence-corrected chi connectivity index (χ3v) is 2.92. The molecule has 0 aliphatic rings. The Morgan fingerprint density at radius 2 is 1.35 bits per heavy atom. The molecule has 0 spiro atoms. The van der Waals surface area contributed by atoms with Gasteiger partial charge in [-0.05, 0) is 29.8 Å². The van der Waals surface area contributed by atoms with Crippen LogP contribution in [0.25, 0.3) is 0 Å². The lowest BCUT2D eigenvalue weighted by atomic mass is 10.2. The van der Waals surface area contributed by atoms with E-state index in [1.165, 1.54) is 0 Å². The Morgan fingerprint density at radius 1 is 0.700 bits per heavy atom. The maximum atomic E-state index is 5.77. The van der Waals surface area contributed by atoms with Gasteiger partial charge in [-0.3, -0.25) is 0 Å². The number of hydrogen-bond acceptors (Lipinski definition) is 4. The van der Waals surface area contributed by atoms with Gasteiger partial charge in [0.2, 0.25) is 0 Å². The highest BCUT2D eigenvalue weighted by Crippen LogP contribution is 2.31. The van der Waals surface area contributed by atoms with Crippen molar-refractivity contribution in [3.63, 3.8) is 0 Å². The molecule has 0 bridgehead atoms. The molecule has 0 aliphatic carbocycles. The monoisotopic (exact) mass is 274 g/mol. The molecule has 0 saturated carbocycles. The maximum Gasteiger partial charge on any atom is 0.164 e. The Balaban J connectivity index is 2.05. The standard InChI is InChI=1S/C16H18O4/c1-17-13-6-4-12(5-7-13)11-20-15-9-8-14(18-2)10-16(15)19-3/h4-10H,11H2,1-3H3. The van der Waals surface area contributed by atoms with Crippen molar-refractivity contribution in [1.82, 2.24) is 0 Å². The van der Waals surface area contributed by atoms with E-state index >= 15 is 0 Å². The molecule has 2 rings (SSSR count). The Labute approximate surface area is 118 Å². The van der Waals surface area contributed by atoms with Crippen LogP contribution in [0, 0.1) is 0 Å². The van der Waals surface area contributed by atoms with Crippen LogP contribution >= 0.6 is 0 Å². The smallest absolute Gasteiger partial charge is 0.164 e. The summed E-state index contributed by atoms with van der Waals surface area (Å²) < 4.78 is 21.3. The van der Waals surface area contributed by atoms with E-state index in [9.17, 15) is 0 Å². The van der Waals surface area contributed by atoms with Gasteiger partial charge in [0, 0.05) is 6.07 Å². The molecule has 0 saturated heterocycles. The van der Waals surface area contributed by atoms with Crippen molar-refractivity contribution in [2.45, 2.75) is 6.61 Å². The van der Waals surface area contributed by atoms with Gasteiger partial charge in [-0.15, -0.1) is 0 Å². The minimum atomic E-state index is 0.465. The van der Waals surface area contributed by atoms with Gasteiger partial charge < -0.3 is 18.9 Å². The Bertz CT molecular complexity index is 549. The molecule has 0 N–H and O–H groups in total. The van der Waals surface area contributed by atoms with Crippen LogP contribution in [0.5, 0.6) is 23.0 Å². The normalized spacial score (nSPS) is 9.95. The van der Waals surface area contributed by atoms with Crippen molar-refractivity contribution in [3.05, 3.63) is 48.0 Å². The number of hydrogen-bond donors (Lipinski definition) is 0. The molecule has 2 aromatic carbocycles. The fraction of sp³-hybridized carbons (Fsp3) is 0.250. The minimum Gasteiger partial charge on any atom is -0.497 e. The summed E-state index contributed by atoms with van der Waals surface area (Å²) in [7, 11) is 4.87. The molecule has 4 nitrogen and oxygen atoms in total. The van der Waals surface area contributed by atoms with E-state index in [0.717, 1.165) is 17.1 Å². The van der Waals surface area contributed by atoms with Crippen molar-refractivity contribution in [1.29, 1.82) is 0 Å². The summed E-state index contributed by atoms with van der Waals surface area (Å²) >= 11 is 0. The molecular weight excluding hydrogens is 256 g/mol. The first-order chi connectivity index (χ1) is 9.76. The third kappa shape index (κ3) is 3.35. The van der Waals surface area contributed by atoms with Crippen molar-refractivity contribution >= 4 is 0 Å². The topological polar surface area (TPSA) is 36.9 Å². The molecule has 20 heavy (non-hydrogen) atoms. The first-order valence-electron chi connectivity index (χ1n) is 6.24. The van der Waals surface area contributed by atoms with Gasteiger partial charge in [0.25, 0.3) is 0 Å². The molecule has 0 amide bonds. The van der Waals surface area contributed by atoms with Crippen molar-refractivity contribution in [2.75, 3.05) is 21.3 Å². The summed E-state index contributed by atoms with van der Waals surface area (Å²) in [6, 6.07) is 13.2. The fourth-order valence-corrected chi connectivity index (χ4v) is 1.78. The average molecular weight is 274 g/mol. The van der Waals surface area contributed by atoms with Crippen molar-refractivity contribution in [2.24, 2.45) is 0 Å². The lowest BCUT2D eigenvalue weighted by molar-refractivity contribution is 0.283. The molecule has 0 aliphatic heterocycles. The zero-order valence-electron chi connectivity index (χ0n) is 11.9. The summed E-state index contributed by atoms with van der Waals surface area (Å²) in [5.41, 5.74) is 1.06. The van der Waals surface area contributed by atoms with Gasteiger partial charge in [-0.2, -0.15) is 0 Å². The number of benzene rings is 2. The van der Waals surface area contributed by atoms with Gasteiger partial charge in [0.05, 0.1) is 21.3 Å². The van der Waals surface area contributed by atoms with Crippen LogP contribution in [-0.2, 0) is 6.61 Å². The average Bonchev–Trinajstić information content (AvgIpc) is 2.53. The molecule has 0 heterocycles. The SMILES string of the molecule is COc1ccc(COc2ccc(OC)cc2OC)cc1. The Kier molecular flexibility index (Phi) is 4.71. The molecule has 0 atom stereocenters. The van der Waals surface area contributed by atoms with Crippen LogP contribution in [0.3, 0.4) is 0 Å². The zero-order valence-corrected chi connectivity index (χ0v) is 11.9. The summed E-state index contributed by atoms with van der Waals surface area (Å²) in [5, 5.41) is 0. The van der Waals surface area contributed by atoms with Crippen LogP contribution in [0.1, 0.15) is 5.56 Å². The Morgan fingerprint density at radius 3 is 1.95 bits per heavy atom. The predicted molar refractivity (Wildman–Crippen MR) is 76.9 cm³/mol. The van der Waals surface area contributed by atoms with Crippen LogP contribution in [0.2, 0.25) is 0 Å². The number of methoxy groups -OCH3 is 3. The van der Waals surface area contributed by atoms with E-state index in [1.807, 2.05) is 36.4 Å². The molecule has 0 fully saturated rings. The molecule has 0 unspecified atom stereocenters. The van der Waals surface area contributed by atoms with Crippen molar-refractivity contribution < 1.29 is 18.9 Å². The molecule has 4 heteroatoms. The molecule has 0 aromatic heterocycles. The summed E-state index contributed by atoms with van der Waals surface area (Å²) in [6.45, 7) is 0.465. The summed E-state index contributed by atoms with van der Waals surface area (Å²) in [6.07, 6.45) is 0. The first-order valence-corrected chi connectivity index (χ1v) is 6.24. The highest BCUT2D eigenvalue weighted by Gasteiger charge is 2.06. The lowest BCUT2D eigenvalue weighted by Gasteiger charge is -2.12. The summed E-state index contributed by atoms with van der Waals surface area (Å²) in [5.74, 6) is 2.90. The van der Waals surface area contributed by atoms with Crippen molar-refractivity contribution in [3.8, 4) is 23.0 Å². The van der Waals surface area contributed by atoms with Crippen LogP contribution in [0.15, 0.2) is 42.5 Å². The molecule has 106 valence electrons. The Hall–Kier alpha value is -2.36. The lowest BCUT2D eigenvalue weighted by Crippen LogP contribution is -1.98. The maximum absolute atomic E-state index is 5.77. The van der Waals surface area contributed by atoms with Gasteiger partial charge in [0.1, 0.15) is 18.1 Å². The van der Waals surface area contributed by atoms with E-state index in [4.69, 9.17) is 18.9 Å². The first kappa shape index (κ1) is 14.1. The van der Waals surface area contributed by atoms with E-state index in [1.54, 1.807) is 27.4 Å². The molecular formula is C16H18O4. The molecule has 0 radical (unpaired) electrons. The third-order valence-electron chi connectivity index (χ3n) is 2.92. The number of rotatable bonds is 6. The highest BCUT2D eigenvalue weighted by atomic mass is 16.5. The van der Waals surface area contributed by atoms with E-state index in [2.05, 4.69) is 0 Å². The van der Waals surface area contributed by atoms with Crippen LogP contribution in [-0.4, -0.2) is 21.3 Å². The van der Waals surface area contributed by atoms with E-state index in [-0.39, 0.29) is 0 Å². The van der Waals surface area contributed by atoms with Gasteiger partial charge in [-0.25, -0.2) is 0 Å². The van der Waals surface area contributed by atoms with Crippen LogP contribution in [0.4, 0.5) is 0 Å². The highest BCUT2D eigenvalue weighted by molar-refractivity contribution is 5.45. The number of ether oxygens (including phenoxy) is 4. The van der Waals surface area contributed by atoms with Gasteiger partial charge in [0.15, 0.2) is 11.5 Å². The molecule has 2 aromatic rings. The van der Waals surface area contributed by atoms with E-state index in [0.29, 0.717) is 18.1 Å². The fourth-order valence-electron chi connectivity index (χ4n) is 1.78. The van der Waals surface area contributed by atoms with E-state index < -0.39 is 0 Å². The predicted octanol–water partition coefficient (Wildman–Crippen LogP) is 3.29. The largest absolute Gasteiger partial charge is 0.497 e.